The number of nitrogens with one attached hydrogen (secondary N) is 1. The Hall–Kier alpha value is -1.49. The smallest absolute Gasteiger partial charge is 0.261 e. The molecule has 3 nitrogen and oxygen atoms in total. The molecule has 1 heterocycles. The number of rotatable bonds is 5. The van der Waals surface area contributed by atoms with Crippen LogP contribution >= 0.6 is 23.4 Å². The van der Waals surface area contributed by atoms with E-state index >= 15 is 0 Å². The van der Waals surface area contributed by atoms with Gasteiger partial charge in [-0.1, -0.05) is 30.7 Å². The zero-order valence-corrected chi connectivity index (χ0v) is 13.2. The van der Waals surface area contributed by atoms with Gasteiger partial charge in [0.15, 0.2) is 5.58 Å². The number of fused-ring (bicyclic) bond motifs is 1. The van der Waals surface area contributed by atoms with Crippen molar-refractivity contribution in [3.8, 4) is 0 Å². The number of benzene rings is 2. The van der Waals surface area contributed by atoms with Gasteiger partial charge in [0.05, 0.1) is 0 Å². The van der Waals surface area contributed by atoms with Crippen molar-refractivity contribution in [2.24, 2.45) is 0 Å². The summed E-state index contributed by atoms with van der Waals surface area (Å²) in [4.78, 5) is 5.60. The molecule has 0 aliphatic rings. The Balaban J connectivity index is 1.89. The molecule has 0 unspecified atom stereocenters. The first-order valence-corrected chi connectivity index (χ1v) is 7.98. The number of nitrogens with zero attached hydrogens (tertiary/aromatic N) is 1. The number of para-hydroxylation sites is 2. The summed E-state index contributed by atoms with van der Waals surface area (Å²) in [5.74, 6) is 0. The fourth-order valence-corrected chi connectivity index (χ4v) is 3.09. The van der Waals surface area contributed by atoms with E-state index in [1.165, 1.54) is 11.8 Å². The highest BCUT2D eigenvalue weighted by molar-refractivity contribution is 7.99. The number of hydrogen-bond acceptors (Lipinski definition) is 4. The fraction of sp³-hybridized carbons (Fsp3) is 0.188. The van der Waals surface area contributed by atoms with Crippen LogP contribution in [-0.4, -0.2) is 11.5 Å². The summed E-state index contributed by atoms with van der Waals surface area (Å²) in [6.07, 6.45) is 0. The molecule has 0 spiro atoms. The molecule has 0 aliphatic carbocycles. The zero-order valence-electron chi connectivity index (χ0n) is 11.6. The van der Waals surface area contributed by atoms with Crippen LogP contribution in [0.3, 0.4) is 0 Å². The minimum absolute atomic E-state index is 0.649. The van der Waals surface area contributed by atoms with Crippen LogP contribution in [0.4, 0.5) is 0 Å². The number of aromatic nitrogens is 1. The monoisotopic (exact) mass is 318 g/mol. The van der Waals surface area contributed by atoms with Gasteiger partial charge in [0.1, 0.15) is 5.52 Å². The molecule has 0 aliphatic heterocycles. The second kappa shape index (κ2) is 6.52. The molecule has 0 saturated carbocycles. The van der Waals surface area contributed by atoms with Crippen molar-refractivity contribution >= 4 is 34.5 Å². The van der Waals surface area contributed by atoms with Crippen LogP contribution in [-0.2, 0) is 6.54 Å². The summed E-state index contributed by atoms with van der Waals surface area (Å²) in [5.41, 5.74) is 2.83. The van der Waals surface area contributed by atoms with Crippen LogP contribution in [0.2, 0.25) is 5.02 Å². The normalized spacial score (nSPS) is 11.1. The molecule has 1 aromatic heterocycles. The first-order valence-electron chi connectivity index (χ1n) is 6.79. The van der Waals surface area contributed by atoms with Gasteiger partial charge < -0.3 is 9.73 Å². The van der Waals surface area contributed by atoms with Gasteiger partial charge in [-0.3, -0.25) is 0 Å². The molecule has 1 N–H and O–H groups in total. The summed E-state index contributed by atoms with van der Waals surface area (Å²) in [6, 6.07) is 13.7. The lowest BCUT2D eigenvalue weighted by atomic mass is 10.2. The van der Waals surface area contributed by atoms with Crippen molar-refractivity contribution in [1.29, 1.82) is 0 Å². The van der Waals surface area contributed by atoms with E-state index in [1.807, 2.05) is 42.5 Å². The van der Waals surface area contributed by atoms with E-state index in [2.05, 4.69) is 17.2 Å². The topological polar surface area (TPSA) is 38.1 Å². The van der Waals surface area contributed by atoms with Crippen molar-refractivity contribution in [3.05, 3.63) is 53.1 Å². The summed E-state index contributed by atoms with van der Waals surface area (Å²) in [7, 11) is 0. The lowest BCUT2D eigenvalue weighted by Crippen LogP contribution is -2.12. The van der Waals surface area contributed by atoms with E-state index in [9.17, 15) is 0 Å². The fourth-order valence-electron chi connectivity index (χ4n) is 2.03. The minimum Gasteiger partial charge on any atom is -0.431 e. The average molecular weight is 319 g/mol. The zero-order chi connectivity index (χ0) is 14.7. The highest BCUT2D eigenvalue weighted by Crippen LogP contribution is 2.33. The third kappa shape index (κ3) is 3.40. The average Bonchev–Trinajstić information content (AvgIpc) is 2.89. The Morgan fingerprint density at radius 3 is 2.90 bits per heavy atom. The van der Waals surface area contributed by atoms with Crippen LogP contribution in [0.1, 0.15) is 12.5 Å². The summed E-state index contributed by atoms with van der Waals surface area (Å²) >= 11 is 7.61. The molecule has 3 rings (SSSR count). The van der Waals surface area contributed by atoms with Gasteiger partial charge in [0.2, 0.25) is 0 Å². The molecular formula is C16H15ClN2OS. The molecule has 2 aromatic carbocycles. The lowest BCUT2D eigenvalue weighted by molar-refractivity contribution is 0.489. The maximum absolute atomic E-state index is 6.09. The summed E-state index contributed by atoms with van der Waals surface area (Å²) in [6.45, 7) is 3.78. The van der Waals surface area contributed by atoms with Crippen LogP contribution in [0.5, 0.6) is 0 Å². The minimum atomic E-state index is 0.649. The second-order valence-electron chi connectivity index (χ2n) is 4.58. The van der Waals surface area contributed by atoms with Crippen LogP contribution in [0.25, 0.3) is 11.1 Å². The first kappa shape index (κ1) is 14.4. The Kier molecular flexibility index (Phi) is 4.48. The maximum Gasteiger partial charge on any atom is 0.261 e. The van der Waals surface area contributed by atoms with E-state index < -0.39 is 0 Å². The van der Waals surface area contributed by atoms with Crippen molar-refractivity contribution < 1.29 is 4.42 Å². The Morgan fingerprint density at radius 1 is 1.24 bits per heavy atom. The molecule has 0 amide bonds. The molecule has 0 saturated heterocycles. The van der Waals surface area contributed by atoms with Crippen LogP contribution < -0.4 is 5.32 Å². The molecule has 5 heteroatoms. The third-order valence-corrected chi connectivity index (χ3v) is 4.26. The number of oxazole rings is 1. The highest BCUT2D eigenvalue weighted by Gasteiger charge is 2.10. The molecule has 0 bridgehead atoms. The van der Waals surface area contributed by atoms with Crippen molar-refractivity contribution in [2.45, 2.75) is 23.6 Å². The van der Waals surface area contributed by atoms with Gasteiger partial charge in [0.25, 0.3) is 5.22 Å². The number of hydrogen-bond donors (Lipinski definition) is 1. The molecule has 108 valence electrons. The maximum atomic E-state index is 6.09. The van der Waals surface area contributed by atoms with E-state index in [4.69, 9.17) is 16.0 Å². The van der Waals surface area contributed by atoms with Crippen LogP contribution in [0.15, 0.2) is 57.0 Å². The van der Waals surface area contributed by atoms with Gasteiger partial charge >= 0.3 is 0 Å². The van der Waals surface area contributed by atoms with Gasteiger partial charge in [-0.2, -0.15) is 0 Å². The number of halogens is 1. The Bertz CT molecular complexity index is 724. The van der Waals surface area contributed by atoms with Crippen molar-refractivity contribution in [1.82, 2.24) is 10.3 Å². The summed E-state index contributed by atoms with van der Waals surface area (Å²) in [5, 5.41) is 4.71. The molecule has 0 radical (unpaired) electrons. The van der Waals surface area contributed by atoms with Gasteiger partial charge in [-0.15, -0.1) is 0 Å². The predicted molar refractivity (Wildman–Crippen MR) is 87.0 cm³/mol. The van der Waals surface area contributed by atoms with E-state index in [0.29, 0.717) is 5.22 Å². The Morgan fingerprint density at radius 2 is 2.10 bits per heavy atom. The molecule has 0 fully saturated rings. The van der Waals surface area contributed by atoms with Gasteiger partial charge in [0, 0.05) is 16.5 Å². The largest absolute Gasteiger partial charge is 0.431 e. The van der Waals surface area contributed by atoms with Crippen LogP contribution in [0, 0.1) is 0 Å². The standard InChI is InChI=1S/C16H15ClN2OS/c1-2-18-10-11-9-12(17)7-8-15(11)21-16-19-13-5-3-4-6-14(13)20-16/h3-9,18H,2,10H2,1H3. The van der Waals surface area contributed by atoms with E-state index in [-0.39, 0.29) is 0 Å². The highest BCUT2D eigenvalue weighted by atomic mass is 35.5. The second-order valence-corrected chi connectivity index (χ2v) is 6.01. The Labute approximate surface area is 132 Å². The quantitative estimate of drug-likeness (QED) is 0.737. The van der Waals surface area contributed by atoms with Gasteiger partial charge in [-0.25, -0.2) is 4.98 Å². The summed E-state index contributed by atoms with van der Waals surface area (Å²) < 4.78 is 5.76. The first-order chi connectivity index (χ1) is 10.3. The van der Waals surface area contributed by atoms with E-state index in [1.54, 1.807) is 0 Å². The van der Waals surface area contributed by atoms with Gasteiger partial charge in [-0.05, 0) is 54.2 Å². The molecule has 21 heavy (non-hydrogen) atoms. The predicted octanol–water partition coefficient (Wildman–Crippen LogP) is 4.74. The molecule has 0 atom stereocenters. The third-order valence-electron chi connectivity index (χ3n) is 3.06. The van der Waals surface area contributed by atoms with Crippen molar-refractivity contribution in [3.63, 3.8) is 0 Å². The van der Waals surface area contributed by atoms with E-state index in [0.717, 1.165) is 39.7 Å². The molecule has 3 aromatic rings. The molecular weight excluding hydrogens is 304 g/mol. The lowest BCUT2D eigenvalue weighted by Gasteiger charge is -2.08. The van der Waals surface area contributed by atoms with Crippen molar-refractivity contribution in [2.75, 3.05) is 6.54 Å². The SMILES string of the molecule is CCNCc1cc(Cl)ccc1Sc1nc2ccccc2o1.